The topological polar surface area (TPSA) is 34.1 Å². The summed E-state index contributed by atoms with van der Waals surface area (Å²) in [5.41, 5.74) is 2.14. The molecule has 0 aliphatic carbocycles. The summed E-state index contributed by atoms with van der Waals surface area (Å²) in [7, 11) is -1.23. The second-order valence-electron chi connectivity index (χ2n) is 4.03. The van der Waals surface area contributed by atoms with Crippen LogP contribution in [0.2, 0.25) is 0 Å². The Kier molecular flexibility index (Phi) is 4.42. The van der Waals surface area contributed by atoms with Gasteiger partial charge in [-0.05, 0) is 32.4 Å². The molecule has 0 saturated carbocycles. The van der Waals surface area contributed by atoms with Crippen LogP contribution in [0.3, 0.4) is 0 Å². The molecule has 0 saturated heterocycles. The van der Waals surface area contributed by atoms with Crippen LogP contribution in [0.25, 0.3) is 0 Å². The smallest absolute Gasteiger partial charge is 0.148 e. The highest BCUT2D eigenvalue weighted by Gasteiger charge is 2.20. The Hall–Kier alpha value is -0.960. The van der Waals surface area contributed by atoms with E-state index in [1.807, 2.05) is 32.0 Å². The number of ketones is 1. The van der Waals surface area contributed by atoms with Gasteiger partial charge in [0.2, 0.25) is 0 Å². The average Bonchev–Trinajstić information content (AvgIpc) is 2.26. The minimum Gasteiger partial charge on any atom is -0.298 e. The summed E-state index contributed by atoms with van der Waals surface area (Å²) < 4.78 is 12.2. The van der Waals surface area contributed by atoms with E-state index in [1.165, 1.54) is 0 Å². The Morgan fingerprint density at radius 2 is 2.00 bits per heavy atom. The lowest BCUT2D eigenvalue weighted by Gasteiger charge is -2.11. The van der Waals surface area contributed by atoms with E-state index in [-0.39, 0.29) is 5.78 Å². The molecule has 0 heterocycles. The first-order chi connectivity index (χ1) is 7.47. The molecule has 2 unspecified atom stereocenters. The zero-order valence-corrected chi connectivity index (χ0v) is 11.1. The molecule has 0 spiro atoms. The first kappa shape index (κ1) is 13.1. The number of aryl methyl sites for hydroxylation is 2. The van der Waals surface area contributed by atoms with Gasteiger partial charge >= 0.3 is 0 Å². The summed E-state index contributed by atoms with van der Waals surface area (Å²) in [6.45, 7) is 7.48. The Morgan fingerprint density at radius 3 is 2.50 bits per heavy atom. The fourth-order valence-corrected chi connectivity index (χ4v) is 2.99. The third kappa shape index (κ3) is 2.79. The van der Waals surface area contributed by atoms with Crippen molar-refractivity contribution >= 4 is 16.6 Å². The molecule has 88 valence electrons. The minimum absolute atomic E-state index is 0.0540. The van der Waals surface area contributed by atoms with Gasteiger partial charge in [-0.15, -0.1) is 0 Å². The van der Waals surface area contributed by atoms with E-state index in [9.17, 15) is 9.00 Å². The first-order valence-electron chi connectivity index (χ1n) is 5.48. The SMILES string of the molecule is CCC(=O)C(C)S(=O)c1ccc(C)cc1C. The van der Waals surface area contributed by atoms with E-state index in [0.717, 1.165) is 16.0 Å². The molecule has 0 aliphatic rings. The highest BCUT2D eigenvalue weighted by Crippen LogP contribution is 2.18. The zero-order chi connectivity index (χ0) is 12.3. The molecular formula is C13H18O2S. The molecule has 2 atom stereocenters. The van der Waals surface area contributed by atoms with E-state index >= 15 is 0 Å². The van der Waals surface area contributed by atoms with E-state index < -0.39 is 16.0 Å². The molecule has 1 aromatic carbocycles. The van der Waals surface area contributed by atoms with Gasteiger partial charge in [-0.1, -0.05) is 24.6 Å². The van der Waals surface area contributed by atoms with E-state index in [2.05, 4.69) is 0 Å². The lowest BCUT2D eigenvalue weighted by Crippen LogP contribution is -2.22. The molecule has 1 aromatic rings. The summed E-state index contributed by atoms with van der Waals surface area (Å²) >= 11 is 0. The average molecular weight is 238 g/mol. The van der Waals surface area contributed by atoms with E-state index in [0.29, 0.717) is 6.42 Å². The van der Waals surface area contributed by atoms with Crippen LogP contribution in [0, 0.1) is 13.8 Å². The summed E-state index contributed by atoms with van der Waals surface area (Å²) in [6, 6.07) is 5.79. The number of Topliss-reactive ketones (excluding diaryl/α,β-unsaturated/α-hetero) is 1. The second kappa shape index (κ2) is 5.39. The van der Waals surface area contributed by atoms with Crippen LogP contribution in [0.1, 0.15) is 31.4 Å². The second-order valence-corrected chi connectivity index (χ2v) is 5.77. The highest BCUT2D eigenvalue weighted by molar-refractivity contribution is 7.86. The Morgan fingerprint density at radius 1 is 1.38 bits per heavy atom. The third-order valence-corrected chi connectivity index (χ3v) is 4.47. The van der Waals surface area contributed by atoms with Crippen molar-refractivity contribution in [2.24, 2.45) is 0 Å². The van der Waals surface area contributed by atoms with Gasteiger partial charge in [-0.3, -0.25) is 9.00 Å². The predicted molar refractivity (Wildman–Crippen MR) is 67.1 cm³/mol. The molecule has 0 aromatic heterocycles. The number of carbonyl (C=O) groups is 1. The molecule has 0 aliphatic heterocycles. The van der Waals surface area contributed by atoms with Crippen molar-refractivity contribution in [2.45, 2.75) is 44.3 Å². The van der Waals surface area contributed by atoms with Gasteiger partial charge in [0.1, 0.15) is 5.78 Å². The summed E-state index contributed by atoms with van der Waals surface area (Å²) in [5.74, 6) is 0.0540. The molecule has 16 heavy (non-hydrogen) atoms. The Bertz CT molecular complexity index is 424. The number of hydrogen-bond acceptors (Lipinski definition) is 2. The first-order valence-corrected chi connectivity index (χ1v) is 6.69. The van der Waals surface area contributed by atoms with Crippen LogP contribution in [0.15, 0.2) is 23.1 Å². The Labute approximate surface area is 99.5 Å². The van der Waals surface area contributed by atoms with Crippen molar-refractivity contribution < 1.29 is 9.00 Å². The summed E-state index contributed by atoms with van der Waals surface area (Å²) in [6.07, 6.45) is 0.442. The molecule has 1 rings (SSSR count). The van der Waals surface area contributed by atoms with E-state index in [4.69, 9.17) is 0 Å². The lowest BCUT2D eigenvalue weighted by molar-refractivity contribution is -0.118. The van der Waals surface area contributed by atoms with Crippen LogP contribution in [0.5, 0.6) is 0 Å². The largest absolute Gasteiger partial charge is 0.298 e. The molecule has 0 amide bonds. The monoisotopic (exact) mass is 238 g/mol. The predicted octanol–water partition coefficient (Wildman–Crippen LogP) is 2.78. The van der Waals surface area contributed by atoms with Gasteiger partial charge in [0.05, 0.1) is 16.0 Å². The minimum atomic E-state index is -1.23. The van der Waals surface area contributed by atoms with Crippen LogP contribution >= 0.6 is 0 Å². The van der Waals surface area contributed by atoms with Crippen molar-refractivity contribution in [3.05, 3.63) is 29.3 Å². The molecule has 2 nitrogen and oxygen atoms in total. The molecule has 0 bridgehead atoms. The fourth-order valence-electron chi connectivity index (χ4n) is 1.62. The molecule has 0 N–H and O–H groups in total. The van der Waals surface area contributed by atoms with Crippen molar-refractivity contribution in [3.63, 3.8) is 0 Å². The number of hydrogen-bond donors (Lipinski definition) is 0. The van der Waals surface area contributed by atoms with Crippen molar-refractivity contribution in [2.75, 3.05) is 0 Å². The van der Waals surface area contributed by atoms with Gasteiger partial charge in [-0.2, -0.15) is 0 Å². The van der Waals surface area contributed by atoms with Crippen LogP contribution in [-0.4, -0.2) is 15.2 Å². The summed E-state index contributed by atoms with van der Waals surface area (Å²) in [4.78, 5) is 12.3. The molecule has 0 radical (unpaired) electrons. The van der Waals surface area contributed by atoms with Gasteiger partial charge in [0.25, 0.3) is 0 Å². The quantitative estimate of drug-likeness (QED) is 0.808. The standard InChI is InChI=1S/C13H18O2S/c1-5-12(14)11(4)16(15)13-7-6-9(2)8-10(13)3/h6-8,11H,5H2,1-4H3. The molecular weight excluding hydrogens is 220 g/mol. The maximum absolute atomic E-state index is 12.2. The van der Waals surface area contributed by atoms with Crippen LogP contribution in [-0.2, 0) is 15.6 Å². The van der Waals surface area contributed by atoms with Crippen molar-refractivity contribution in [1.29, 1.82) is 0 Å². The molecule has 3 heteroatoms. The van der Waals surface area contributed by atoms with Crippen molar-refractivity contribution in [3.8, 4) is 0 Å². The normalized spacial score (nSPS) is 14.5. The van der Waals surface area contributed by atoms with Gasteiger partial charge < -0.3 is 0 Å². The molecule has 0 fully saturated rings. The lowest BCUT2D eigenvalue weighted by atomic mass is 10.2. The number of carbonyl (C=O) groups excluding carboxylic acids is 1. The highest BCUT2D eigenvalue weighted by atomic mass is 32.2. The zero-order valence-electron chi connectivity index (χ0n) is 10.2. The van der Waals surface area contributed by atoms with Gasteiger partial charge in [0, 0.05) is 11.3 Å². The third-order valence-electron chi connectivity index (χ3n) is 2.67. The van der Waals surface area contributed by atoms with Gasteiger partial charge in [-0.25, -0.2) is 0 Å². The number of benzene rings is 1. The van der Waals surface area contributed by atoms with Crippen LogP contribution in [0.4, 0.5) is 0 Å². The number of rotatable bonds is 4. The van der Waals surface area contributed by atoms with E-state index in [1.54, 1.807) is 13.8 Å². The van der Waals surface area contributed by atoms with Crippen LogP contribution < -0.4 is 0 Å². The Balaban J connectivity index is 3.01. The maximum Gasteiger partial charge on any atom is 0.148 e. The fraction of sp³-hybridized carbons (Fsp3) is 0.462. The van der Waals surface area contributed by atoms with Gasteiger partial charge in [0.15, 0.2) is 0 Å². The van der Waals surface area contributed by atoms with Crippen molar-refractivity contribution in [1.82, 2.24) is 0 Å². The summed E-state index contributed by atoms with van der Waals surface area (Å²) in [5, 5.41) is -0.411. The maximum atomic E-state index is 12.2.